The lowest BCUT2D eigenvalue weighted by Crippen LogP contribution is -2.30. The first kappa shape index (κ1) is 16.0. The summed E-state index contributed by atoms with van der Waals surface area (Å²) in [5, 5.41) is 11.5. The topological polar surface area (TPSA) is 62.1 Å². The van der Waals surface area contributed by atoms with Crippen LogP contribution in [0.1, 0.15) is 12.5 Å². The molecule has 0 heterocycles. The van der Waals surface area contributed by atoms with Crippen molar-refractivity contribution in [3.05, 3.63) is 58.3 Å². The maximum Gasteiger partial charge on any atom is 0.265 e. The smallest absolute Gasteiger partial charge is 0.265 e. The van der Waals surface area contributed by atoms with Crippen LogP contribution in [0.2, 0.25) is 0 Å². The second-order valence-corrected chi connectivity index (χ2v) is 5.37. The third-order valence-electron chi connectivity index (χ3n) is 2.83. The fraction of sp³-hybridized carbons (Fsp3) is 0.125. The van der Waals surface area contributed by atoms with Crippen LogP contribution in [0.15, 0.2) is 46.9 Å². The summed E-state index contributed by atoms with van der Waals surface area (Å²) in [6.45, 7) is 1.58. The maximum atomic E-state index is 13.0. The summed E-state index contributed by atoms with van der Waals surface area (Å²) in [6, 6.07) is 12.5. The zero-order valence-corrected chi connectivity index (χ0v) is 13.2. The van der Waals surface area contributed by atoms with Crippen molar-refractivity contribution in [3.63, 3.8) is 0 Å². The van der Waals surface area contributed by atoms with Gasteiger partial charge in [-0.25, -0.2) is 4.39 Å². The number of benzene rings is 2. The van der Waals surface area contributed by atoms with E-state index in [1.807, 2.05) is 6.07 Å². The molecule has 1 N–H and O–H groups in total. The number of hydrogen-bond acceptors (Lipinski definition) is 3. The molecule has 0 bridgehead atoms. The van der Waals surface area contributed by atoms with Crippen LogP contribution >= 0.6 is 15.9 Å². The van der Waals surface area contributed by atoms with Gasteiger partial charge in [-0.2, -0.15) is 5.26 Å². The number of nitrogens with one attached hydrogen (secondary N) is 1. The Bertz CT molecular complexity index is 743. The predicted octanol–water partition coefficient (Wildman–Crippen LogP) is 3.87. The van der Waals surface area contributed by atoms with Crippen molar-refractivity contribution >= 4 is 27.5 Å². The Morgan fingerprint density at radius 2 is 2.14 bits per heavy atom. The molecule has 2 aromatic rings. The zero-order chi connectivity index (χ0) is 16.1. The Kier molecular flexibility index (Phi) is 5.12. The highest BCUT2D eigenvalue weighted by molar-refractivity contribution is 9.10. The van der Waals surface area contributed by atoms with E-state index in [1.54, 1.807) is 31.2 Å². The lowest BCUT2D eigenvalue weighted by atomic mass is 10.2. The Morgan fingerprint density at radius 1 is 1.36 bits per heavy atom. The third kappa shape index (κ3) is 4.06. The van der Waals surface area contributed by atoms with Crippen LogP contribution in [0.4, 0.5) is 10.1 Å². The molecule has 1 atom stereocenters. The second-order valence-electron chi connectivity index (χ2n) is 4.52. The van der Waals surface area contributed by atoms with Crippen molar-refractivity contribution in [3.8, 4) is 11.8 Å². The van der Waals surface area contributed by atoms with Crippen molar-refractivity contribution in [2.45, 2.75) is 13.0 Å². The SMILES string of the molecule is CC(Oc1ccc(F)cc1Br)C(=O)Nc1cccc(C#N)c1. The number of amides is 1. The number of rotatable bonds is 4. The molecule has 0 aliphatic carbocycles. The Labute approximate surface area is 135 Å². The quantitative estimate of drug-likeness (QED) is 0.897. The summed E-state index contributed by atoms with van der Waals surface area (Å²) in [6.07, 6.45) is -0.785. The van der Waals surface area contributed by atoms with Gasteiger partial charge >= 0.3 is 0 Å². The van der Waals surface area contributed by atoms with Crippen molar-refractivity contribution in [2.75, 3.05) is 5.32 Å². The molecule has 0 aromatic heterocycles. The van der Waals surface area contributed by atoms with Crippen LogP contribution in [-0.4, -0.2) is 12.0 Å². The molecule has 0 aliphatic rings. The summed E-state index contributed by atoms with van der Waals surface area (Å²) in [5.41, 5.74) is 0.963. The average molecular weight is 363 g/mol. The molecule has 22 heavy (non-hydrogen) atoms. The van der Waals surface area contributed by atoms with E-state index in [0.717, 1.165) is 0 Å². The molecule has 0 saturated carbocycles. The van der Waals surface area contributed by atoms with Crippen molar-refractivity contribution in [1.29, 1.82) is 5.26 Å². The summed E-state index contributed by atoms with van der Waals surface area (Å²) >= 11 is 3.18. The fourth-order valence-electron chi connectivity index (χ4n) is 1.73. The minimum absolute atomic E-state index is 0.369. The van der Waals surface area contributed by atoms with Gasteiger partial charge in [0.1, 0.15) is 11.6 Å². The Morgan fingerprint density at radius 3 is 2.82 bits per heavy atom. The number of nitriles is 1. The van der Waals surface area contributed by atoms with Crippen LogP contribution in [-0.2, 0) is 4.79 Å². The molecule has 6 heteroatoms. The number of halogens is 2. The van der Waals surface area contributed by atoms with Gasteiger partial charge in [0.05, 0.1) is 16.1 Å². The predicted molar refractivity (Wildman–Crippen MR) is 84.0 cm³/mol. The summed E-state index contributed by atoms with van der Waals surface area (Å²) in [7, 11) is 0. The van der Waals surface area contributed by atoms with Gasteiger partial charge in [-0.05, 0) is 59.3 Å². The van der Waals surface area contributed by atoms with Gasteiger partial charge in [0.25, 0.3) is 5.91 Å². The van der Waals surface area contributed by atoms with E-state index in [2.05, 4.69) is 21.2 Å². The van der Waals surface area contributed by atoms with Gasteiger partial charge in [0, 0.05) is 5.69 Å². The first-order chi connectivity index (χ1) is 10.5. The standard InChI is InChI=1S/C16H12BrFN2O2/c1-10(22-15-6-5-12(18)8-14(15)17)16(21)20-13-4-2-3-11(7-13)9-19/h2-8,10H,1H3,(H,20,21). The largest absolute Gasteiger partial charge is 0.480 e. The lowest BCUT2D eigenvalue weighted by Gasteiger charge is -2.15. The van der Waals surface area contributed by atoms with E-state index in [1.165, 1.54) is 18.2 Å². The molecule has 1 unspecified atom stereocenters. The van der Waals surface area contributed by atoms with Crippen molar-refractivity contribution < 1.29 is 13.9 Å². The first-order valence-electron chi connectivity index (χ1n) is 6.42. The van der Waals surface area contributed by atoms with Gasteiger partial charge < -0.3 is 10.1 Å². The molecular formula is C16H12BrFN2O2. The first-order valence-corrected chi connectivity index (χ1v) is 7.21. The number of nitrogens with zero attached hydrogens (tertiary/aromatic N) is 1. The van der Waals surface area contributed by atoms with Gasteiger partial charge in [-0.15, -0.1) is 0 Å². The van der Waals surface area contributed by atoms with Crippen LogP contribution in [0, 0.1) is 17.1 Å². The number of anilines is 1. The van der Waals surface area contributed by atoms with Crippen LogP contribution < -0.4 is 10.1 Å². The number of carbonyl (C=O) groups is 1. The van der Waals surface area contributed by atoms with Gasteiger partial charge in [-0.3, -0.25) is 4.79 Å². The van der Waals surface area contributed by atoms with Gasteiger partial charge in [0.15, 0.2) is 6.10 Å². The summed E-state index contributed by atoms with van der Waals surface area (Å²) in [4.78, 5) is 12.1. The van der Waals surface area contributed by atoms with Crippen LogP contribution in [0.5, 0.6) is 5.75 Å². The van der Waals surface area contributed by atoms with Crippen LogP contribution in [0.3, 0.4) is 0 Å². The van der Waals surface area contributed by atoms with Crippen LogP contribution in [0.25, 0.3) is 0 Å². The van der Waals surface area contributed by atoms with E-state index in [-0.39, 0.29) is 5.91 Å². The maximum absolute atomic E-state index is 13.0. The van der Waals surface area contributed by atoms with Crippen molar-refractivity contribution in [2.24, 2.45) is 0 Å². The molecule has 4 nitrogen and oxygen atoms in total. The molecule has 2 rings (SSSR count). The molecular weight excluding hydrogens is 351 g/mol. The Balaban J connectivity index is 2.04. The monoisotopic (exact) mass is 362 g/mol. The normalized spacial score (nSPS) is 11.4. The zero-order valence-electron chi connectivity index (χ0n) is 11.6. The molecule has 1 amide bonds. The second kappa shape index (κ2) is 7.05. The van der Waals surface area contributed by atoms with Gasteiger partial charge in [-0.1, -0.05) is 6.07 Å². The van der Waals surface area contributed by atoms with E-state index in [9.17, 15) is 9.18 Å². The molecule has 0 aliphatic heterocycles. The molecule has 0 saturated heterocycles. The minimum Gasteiger partial charge on any atom is -0.480 e. The van der Waals surface area contributed by atoms with Gasteiger partial charge in [0.2, 0.25) is 0 Å². The molecule has 112 valence electrons. The van der Waals surface area contributed by atoms with E-state index in [0.29, 0.717) is 21.5 Å². The molecule has 2 aromatic carbocycles. The molecule has 0 radical (unpaired) electrons. The summed E-state index contributed by atoms with van der Waals surface area (Å²) in [5.74, 6) is -0.397. The minimum atomic E-state index is -0.785. The number of hydrogen-bond donors (Lipinski definition) is 1. The third-order valence-corrected chi connectivity index (χ3v) is 3.45. The average Bonchev–Trinajstić information content (AvgIpc) is 2.50. The molecule has 0 spiro atoms. The van der Waals surface area contributed by atoms with E-state index < -0.39 is 11.9 Å². The number of ether oxygens (including phenoxy) is 1. The van der Waals surface area contributed by atoms with Crippen molar-refractivity contribution in [1.82, 2.24) is 0 Å². The Hall–Kier alpha value is -2.39. The molecule has 0 fully saturated rings. The highest BCUT2D eigenvalue weighted by Gasteiger charge is 2.16. The van der Waals surface area contributed by atoms with E-state index in [4.69, 9.17) is 10.00 Å². The lowest BCUT2D eigenvalue weighted by molar-refractivity contribution is -0.122. The fourth-order valence-corrected chi connectivity index (χ4v) is 2.17. The number of carbonyl (C=O) groups excluding carboxylic acids is 1. The summed E-state index contributed by atoms with van der Waals surface area (Å²) < 4.78 is 18.9. The van der Waals surface area contributed by atoms with E-state index >= 15 is 0 Å². The highest BCUT2D eigenvalue weighted by Crippen LogP contribution is 2.26. The highest BCUT2D eigenvalue weighted by atomic mass is 79.9.